The largest absolute Gasteiger partial charge is 0.467 e. The normalized spacial score (nSPS) is 13.5. The standard InChI is InChI=1S/C78H84N8O11/c1-78(2,3)97-77(95)86-67(51-59-41-25-11-26-42-59)75(93)84-65(49-57-37-21-9-22-38-57)73(91)82-63(47-55-33-17-7-18-34-55)71(89)80-61(45-53-29-13-5-14-30-53)69(87)79-62(46-54-31-15-6-16-32-54)70(88)81-64(48-56-35-19-8-20-36-56)72(90)83-66(50-58-39-23-10-24-40-58)74(92)85-68(76(94)96-4)52-60-43-27-12-28-44-60/h5-44,61-68H,45-52H2,1-4H3,(H,79,87)(H,80,89)(H,81,88)(H,82,91)(H,83,90)(H,84,93)(H,85,92)(H,86,95)/t61-,62+,63+,64-,65-,66+,67+,68-/m1/s1. The molecule has 97 heavy (non-hydrogen) atoms. The molecule has 8 atom stereocenters. The number of hydrogen-bond acceptors (Lipinski definition) is 11. The first-order chi connectivity index (χ1) is 46.8. The van der Waals surface area contributed by atoms with Crippen LogP contribution in [0.5, 0.6) is 0 Å². The van der Waals surface area contributed by atoms with Gasteiger partial charge in [-0.15, -0.1) is 0 Å². The summed E-state index contributed by atoms with van der Waals surface area (Å²) in [4.78, 5) is 131. The van der Waals surface area contributed by atoms with Crippen molar-refractivity contribution in [3.05, 3.63) is 287 Å². The first-order valence-electron chi connectivity index (χ1n) is 32.4. The molecule has 0 saturated heterocycles. The van der Waals surface area contributed by atoms with Crippen LogP contribution in [0.3, 0.4) is 0 Å². The van der Waals surface area contributed by atoms with Crippen molar-refractivity contribution in [1.29, 1.82) is 0 Å². The molecule has 0 aliphatic carbocycles. The Morgan fingerprint density at radius 3 is 0.577 bits per heavy atom. The third-order valence-electron chi connectivity index (χ3n) is 15.9. The summed E-state index contributed by atoms with van der Waals surface area (Å²) in [6.45, 7) is 5.09. The Morgan fingerprint density at radius 2 is 0.412 bits per heavy atom. The van der Waals surface area contributed by atoms with Crippen molar-refractivity contribution in [2.24, 2.45) is 0 Å². The maximum absolute atomic E-state index is 15.3. The van der Waals surface area contributed by atoms with Gasteiger partial charge in [-0.3, -0.25) is 33.6 Å². The molecular formula is C78H84N8O11. The van der Waals surface area contributed by atoms with Gasteiger partial charge in [0.15, 0.2) is 0 Å². The minimum atomic E-state index is -1.40. The van der Waals surface area contributed by atoms with Crippen LogP contribution in [0.4, 0.5) is 4.79 Å². The van der Waals surface area contributed by atoms with Gasteiger partial charge in [0.25, 0.3) is 0 Å². The zero-order valence-electron chi connectivity index (χ0n) is 54.9. The van der Waals surface area contributed by atoms with Gasteiger partial charge in [0.1, 0.15) is 53.9 Å². The molecule has 0 aliphatic heterocycles. The highest BCUT2D eigenvalue weighted by Crippen LogP contribution is 2.16. The van der Waals surface area contributed by atoms with Crippen molar-refractivity contribution in [2.75, 3.05) is 7.11 Å². The van der Waals surface area contributed by atoms with Crippen LogP contribution in [0.15, 0.2) is 243 Å². The molecule has 0 heterocycles. The fourth-order valence-corrected chi connectivity index (χ4v) is 11.0. The van der Waals surface area contributed by atoms with E-state index >= 15 is 24.0 Å². The fourth-order valence-electron chi connectivity index (χ4n) is 11.0. The highest BCUT2D eigenvalue weighted by atomic mass is 16.6. The second-order valence-electron chi connectivity index (χ2n) is 24.7. The highest BCUT2D eigenvalue weighted by molar-refractivity contribution is 5.98. The molecule has 8 rings (SSSR count). The third kappa shape index (κ3) is 23.9. The number of rotatable bonds is 32. The maximum Gasteiger partial charge on any atom is 0.408 e. The molecule has 8 aromatic carbocycles. The van der Waals surface area contributed by atoms with E-state index in [1.54, 1.807) is 215 Å². The number of nitrogens with one attached hydrogen (secondary N) is 8. The number of ether oxygens (including phenoxy) is 2. The maximum atomic E-state index is 15.3. The number of carbonyl (C=O) groups is 9. The van der Waals surface area contributed by atoms with Gasteiger partial charge in [0.2, 0.25) is 41.4 Å². The van der Waals surface area contributed by atoms with Crippen LogP contribution in [0, 0.1) is 0 Å². The first kappa shape index (κ1) is 71.6. The molecule has 0 aromatic heterocycles. The Balaban J connectivity index is 1.08. The van der Waals surface area contributed by atoms with Crippen LogP contribution in [-0.2, 0) is 99.2 Å². The van der Waals surface area contributed by atoms with Gasteiger partial charge in [0.05, 0.1) is 7.11 Å². The number of amides is 8. The molecular weight excluding hydrogens is 1220 g/mol. The minimum absolute atomic E-state index is 0.00369. The predicted octanol–water partition coefficient (Wildman–Crippen LogP) is 7.39. The van der Waals surface area contributed by atoms with Gasteiger partial charge in [-0.1, -0.05) is 243 Å². The lowest BCUT2D eigenvalue weighted by Gasteiger charge is -2.29. The Labute approximate surface area is 566 Å². The van der Waals surface area contributed by atoms with Gasteiger partial charge < -0.3 is 52.0 Å². The van der Waals surface area contributed by atoms with Crippen LogP contribution in [0.25, 0.3) is 0 Å². The Morgan fingerprint density at radius 1 is 0.258 bits per heavy atom. The lowest BCUT2D eigenvalue weighted by atomic mass is 9.99. The van der Waals surface area contributed by atoms with Crippen LogP contribution in [-0.4, -0.2) is 114 Å². The summed E-state index contributed by atoms with van der Waals surface area (Å²) in [5.74, 6) is -5.90. The minimum Gasteiger partial charge on any atom is -0.467 e. The SMILES string of the molecule is COC(=O)[C@@H](Cc1ccccc1)NC(=O)[C@H](Cc1ccccc1)NC(=O)[C@@H](Cc1ccccc1)NC(=O)[C@H](Cc1ccccc1)NC(=O)[C@@H](Cc1ccccc1)NC(=O)[C@H](Cc1ccccc1)NC(=O)[C@@H](Cc1ccccc1)NC(=O)[C@H](Cc1ccccc1)NC(=O)OC(C)(C)C. The van der Waals surface area contributed by atoms with Gasteiger partial charge in [0, 0.05) is 51.4 Å². The molecule has 0 bridgehead atoms. The van der Waals surface area contributed by atoms with E-state index in [-0.39, 0.29) is 51.4 Å². The van der Waals surface area contributed by atoms with E-state index < -0.39 is 107 Å². The monoisotopic (exact) mass is 1310 g/mol. The third-order valence-corrected chi connectivity index (χ3v) is 15.9. The molecule has 19 heteroatoms. The van der Waals surface area contributed by atoms with Crippen molar-refractivity contribution >= 4 is 53.4 Å². The zero-order chi connectivity index (χ0) is 68.9. The summed E-state index contributed by atoms with van der Waals surface area (Å²) in [6, 6.07) is 61.3. The Kier molecular flexibility index (Phi) is 26.9. The molecule has 0 saturated carbocycles. The number of carbonyl (C=O) groups excluding carboxylic acids is 9. The van der Waals surface area contributed by atoms with Crippen molar-refractivity contribution in [3.8, 4) is 0 Å². The average molecular weight is 1310 g/mol. The summed E-state index contributed by atoms with van der Waals surface area (Å²) in [5.41, 5.74) is 4.52. The second kappa shape index (κ2) is 36.5. The lowest BCUT2D eigenvalue weighted by Crippen LogP contribution is -2.61. The van der Waals surface area contributed by atoms with Crippen molar-refractivity contribution in [2.45, 2.75) is 126 Å². The Bertz CT molecular complexity index is 3830. The van der Waals surface area contributed by atoms with Crippen molar-refractivity contribution < 1.29 is 52.6 Å². The molecule has 0 spiro atoms. The van der Waals surface area contributed by atoms with Crippen LogP contribution < -0.4 is 42.5 Å². The zero-order valence-corrected chi connectivity index (χ0v) is 54.9. The summed E-state index contributed by atoms with van der Waals surface area (Å²) >= 11 is 0. The van der Waals surface area contributed by atoms with E-state index in [1.807, 2.05) is 48.5 Å². The Hall–Kier alpha value is -11.2. The van der Waals surface area contributed by atoms with E-state index in [0.717, 1.165) is 11.1 Å². The number of esters is 1. The van der Waals surface area contributed by atoms with Crippen LogP contribution in [0.2, 0.25) is 0 Å². The van der Waals surface area contributed by atoms with Gasteiger partial charge >= 0.3 is 12.1 Å². The topological polar surface area (TPSA) is 268 Å². The molecule has 8 N–H and O–H groups in total. The number of benzene rings is 8. The summed E-state index contributed by atoms with van der Waals surface area (Å²) in [7, 11) is 1.22. The molecule has 8 aromatic rings. The molecule has 0 unspecified atom stereocenters. The average Bonchev–Trinajstić information content (AvgIpc) is 0.902. The highest BCUT2D eigenvalue weighted by Gasteiger charge is 2.36. The van der Waals surface area contributed by atoms with Crippen molar-refractivity contribution in [1.82, 2.24) is 42.5 Å². The summed E-state index contributed by atoms with van der Waals surface area (Å²) in [5, 5.41) is 22.9. The van der Waals surface area contributed by atoms with E-state index in [2.05, 4.69) is 42.5 Å². The summed E-state index contributed by atoms with van der Waals surface area (Å²) in [6.07, 6.45) is -1.04. The molecule has 19 nitrogen and oxygen atoms in total. The quantitative estimate of drug-likeness (QED) is 0.0193. The molecule has 0 fully saturated rings. The first-order valence-corrected chi connectivity index (χ1v) is 32.4. The fraction of sp³-hybridized carbons (Fsp3) is 0.269. The van der Waals surface area contributed by atoms with E-state index in [9.17, 15) is 19.2 Å². The molecule has 0 aliphatic rings. The van der Waals surface area contributed by atoms with Crippen molar-refractivity contribution in [3.63, 3.8) is 0 Å². The number of methoxy groups -OCH3 is 1. The summed E-state index contributed by atoms with van der Waals surface area (Å²) < 4.78 is 10.7. The van der Waals surface area contributed by atoms with Gasteiger partial charge in [-0.05, 0) is 65.3 Å². The number of hydrogen-bond donors (Lipinski definition) is 8. The predicted molar refractivity (Wildman–Crippen MR) is 370 cm³/mol. The lowest BCUT2D eigenvalue weighted by molar-refractivity contribution is -0.145. The second-order valence-corrected chi connectivity index (χ2v) is 24.7. The van der Waals surface area contributed by atoms with E-state index in [4.69, 9.17) is 9.47 Å². The van der Waals surface area contributed by atoms with Crippen LogP contribution >= 0.6 is 0 Å². The van der Waals surface area contributed by atoms with Gasteiger partial charge in [-0.25, -0.2) is 9.59 Å². The number of alkyl carbamates (subject to hydrolysis) is 1. The molecule has 502 valence electrons. The molecule has 8 amide bonds. The van der Waals surface area contributed by atoms with Gasteiger partial charge in [-0.2, -0.15) is 0 Å². The molecule has 0 radical (unpaired) electrons. The van der Waals surface area contributed by atoms with E-state index in [1.165, 1.54) is 7.11 Å². The van der Waals surface area contributed by atoms with Crippen LogP contribution in [0.1, 0.15) is 65.3 Å². The van der Waals surface area contributed by atoms with E-state index in [0.29, 0.717) is 33.4 Å². The smallest absolute Gasteiger partial charge is 0.408 e.